The first-order valence-corrected chi connectivity index (χ1v) is 7.06. The summed E-state index contributed by atoms with van der Waals surface area (Å²) in [5.74, 6) is -0.0137. The highest BCUT2D eigenvalue weighted by molar-refractivity contribution is 9.09. The van der Waals surface area contributed by atoms with Crippen LogP contribution in [0.4, 0.5) is 0 Å². The number of ether oxygens (including phenoxy) is 1. The van der Waals surface area contributed by atoms with Gasteiger partial charge in [0.2, 0.25) is 5.91 Å². The molecule has 18 heavy (non-hydrogen) atoms. The van der Waals surface area contributed by atoms with E-state index in [9.17, 15) is 4.79 Å². The molecule has 1 unspecified atom stereocenters. The van der Waals surface area contributed by atoms with E-state index in [0.717, 1.165) is 12.0 Å². The molecule has 0 saturated heterocycles. The molecule has 0 fully saturated rings. The molecule has 0 heterocycles. The topological polar surface area (TPSA) is 38.3 Å². The van der Waals surface area contributed by atoms with E-state index < -0.39 is 0 Å². The summed E-state index contributed by atoms with van der Waals surface area (Å²) in [6, 6.07) is 7.38. The minimum Gasteiger partial charge on any atom is -0.384 e. The molecule has 3 nitrogen and oxygen atoms in total. The lowest BCUT2D eigenvalue weighted by Gasteiger charge is -2.10. The van der Waals surface area contributed by atoms with Crippen molar-refractivity contribution in [3.05, 3.63) is 34.9 Å². The van der Waals surface area contributed by atoms with E-state index in [4.69, 9.17) is 16.3 Å². The molecule has 5 heteroatoms. The monoisotopic (exact) mass is 333 g/mol. The Balaban J connectivity index is 2.28. The summed E-state index contributed by atoms with van der Waals surface area (Å²) in [4.78, 5) is 12.0. The summed E-state index contributed by atoms with van der Waals surface area (Å²) in [5.41, 5.74) is 0.851. The quantitative estimate of drug-likeness (QED) is 0.779. The van der Waals surface area contributed by atoms with Crippen molar-refractivity contribution < 1.29 is 9.53 Å². The zero-order valence-electron chi connectivity index (χ0n) is 10.3. The number of alkyl halides is 1. The molecule has 1 N–H and O–H groups in total. The number of benzene rings is 1. The first-order valence-electron chi connectivity index (χ1n) is 5.76. The lowest BCUT2D eigenvalue weighted by molar-refractivity contribution is -0.120. The molecular formula is C13H17BrClNO2. The highest BCUT2D eigenvalue weighted by Gasteiger charge is 2.07. The number of nitrogens with one attached hydrogen (secondary N) is 1. The highest BCUT2D eigenvalue weighted by Crippen LogP contribution is 2.15. The smallest absolute Gasteiger partial charge is 0.224 e. The fourth-order valence-corrected chi connectivity index (χ4v) is 2.21. The van der Waals surface area contributed by atoms with E-state index >= 15 is 0 Å². The van der Waals surface area contributed by atoms with Crippen LogP contribution in [0.15, 0.2) is 24.3 Å². The van der Waals surface area contributed by atoms with E-state index in [2.05, 4.69) is 21.2 Å². The van der Waals surface area contributed by atoms with Crippen LogP contribution >= 0.6 is 27.5 Å². The maximum absolute atomic E-state index is 11.7. The van der Waals surface area contributed by atoms with Crippen LogP contribution in [0, 0.1) is 0 Å². The van der Waals surface area contributed by atoms with Gasteiger partial charge >= 0.3 is 0 Å². The van der Waals surface area contributed by atoms with E-state index in [1.165, 1.54) is 0 Å². The van der Waals surface area contributed by atoms with Gasteiger partial charge in [0.1, 0.15) is 0 Å². The molecule has 1 rings (SSSR count). The number of hydrogen-bond acceptors (Lipinski definition) is 2. The Morgan fingerprint density at radius 2 is 2.22 bits per heavy atom. The molecule has 0 bridgehead atoms. The van der Waals surface area contributed by atoms with Gasteiger partial charge in [0, 0.05) is 23.5 Å². The second-order valence-corrected chi connectivity index (χ2v) is 5.66. The van der Waals surface area contributed by atoms with Crippen molar-refractivity contribution in [2.45, 2.75) is 17.7 Å². The Bertz CT molecular complexity index is 387. The van der Waals surface area contributed by atoms with Gasteiger partial charge in [-0.15, -0.1) is 0 Å². The van der Waals surface area contributed by atoms with Gasteiger partial charge in [0.15, 0.2) is 0 Å². The molecule has 1 amide bonds. The SMILES string of the molecule is COCC(Br)CCNC(=O)Cc1ccccc1Cl. The number of hydrogen-bond donors (Lipinski definition) is 1. The van der Waals surface area contributed by atoms with Crippen LogP contribution in [-0.2, 0) is 16.0 Å². The average molecular weight is 335 g/mol. The molecular weight excluding hydrogens is 318 g/mol. The van der Waals surface area contributed by atoms with Crippen LogP contribution in [0.3, 0.4) is 0 Å². The van der Waals surface area contributed by atoms with Gasteiger partial charge in [0.25, 0.3) is 0 Å². The molecule has 1 aromatic rings. The van der Waals surface area contributed by atoms with E-state index in [0.29, 0.717) is 24.6 Å². The predicted molar refractivity (Wildman–Crippen MR) is 77.4 cm³/mol. The molecule has 0 radical (unpaired) electrons. The third-order valence-corrected chi connectivity index (χ3v) is 3.53. The molecule has 0 aliphatic carbocycles. The Kier molecular flexibility index (Phi) is 7.32. The summed E-state index contributed by atoms with van der Waals surface area (Å²) < 4.78 is 5.00. The van der Waals surface area contributed by atoms with Gasteiger partial charge in [-0.25, -0.2) is 0 Å². The largest absolute Gasteiger partial charge is 0.384 e. The maximum Gasteiger partial charge on any atom is 0.224 e. The number of amides is 1. The maximum atomic E-state index is 11.7. The molecule has 0 saturated carbocycles. The van der Waals surface area contributed by atoms with Crippen molar-refractivity contribution in [3.8, 4) is 0 Å². The van der Waals surface area contributed by atoms with Gasteiger partial charge in [0.05, 0.1) is 13.0 Å². The summed E-state index contributed by atoms with van der Waals surface area (Å²) in [6.07, 6.45) is 1.15. The van der Waals surface area contributed by atoms with Crippen LogP contribution in [-0.4, -0.2) is 31.0 Å². The zero-order valence-corrected chi connectivity index (χ0v) is 12.6. The van der Waals surface area contributed by atoms with Gasteiger partial charge in [-0.3, -0.25) is 4.79 Å². The molecule has 0 spiro atoms. The zero-order chi connectivity index (χ0) is 13.4. The molecule has 0 aliphatic rings. The number of halogens is 2. The number of carbonyl (C=O) groups is 1. The second-order valence-electron chi connectivity index (χ2n) is 3.96. The fraction of sp³-hybridized carbons (Fsp3) is 0.462. The first-order chi connectivity index (χ1) is 8.63. The van der Waals surface area contributed by atoms with Crippen molar-refractivity contribution in [2.24, 2.45) is 0 Å². The van der Waals surface area contributed by atoms with Gasteiger partial charge in [-0.2, -0.15) is 0 Å². The third-order valence-electron chi connectivity index (χ3n) is 2.44. The normalized spacial score (nSPS) is 12.2. The Morgan fingerprint density at radius 3 is 2.89 bits per heavy atom. The molecule has 1 aromatic carbocycles. The van der Waals surface area contributed by atoms with Crippen molar-refractivity contribution in [3.63, 3.8) is 0 Å². The standard InChI is InChI=1S/C13H17BrClNO2/c1-18-9-11(14)6-7-16-13(17)8-10-4-2-3-5-12(10)15/h2-5,11H,6-9H2,1H3,(H,16,17). The summed E-state index contributed by atoms with van der Waals surface area (Å²) in [7, 11) is 1.66. The van der Waals surface area contributed by atoms with Gasteiger partial charge < -0.3 is 10.1 Å². The van der Waals surface area contributed by atoms with Crippen LogP contribution in [0.1, 0.15) is 12.0 Å². The Labute approximate surface area is 121 Å². The van der Waals surface area contributed by atoms with Gasteiger partial charge in [-0.1, -0.05) is 45.7 Å². The molecule has 1 atom stereocenters. The van der Waals surface area contributed by atoms with Crippen molar-refractivity contribution >= 4 is 33.4 Å². The van der Waals surface area contributed by atoms with Crippen LogP contribution in [0.5, 0.6) is 0 Å². The predicted octanol–water partition coefficient (Wildman–Crippen LogP) is 2.80. The third kappa shape index (κ3) is 5.85. The van der Waals surface area contributed by atoms with E-state index in [1.54, 1.807) is 13.2 Å². The lowest BCUT2D eigenvalue weighted by atomic mass is 10.1. The summed E-state index contributed by atoms with van der Waals surface area (Å²) >= 11 is 9.46. The summed E-state index contributed by atoms with van der Waals surface area (Å²) in [5, 5.41) is 3.49. The molecule has 100 valence electrons. The van der Waals surface area contributed by atoms with E-state index in [-0.39, 0.29) is 10.7 Å². The van der Waals surface area contributed by atoms with Crippen LogP contribution < -0.4 is 5.32 Å². The number of methoxy groups -OCH3 is 1. The minimum absolute atomic E-state index is 0.0137. The highest BCUT2D eigenvalue weighted by atomic mass is 79.9. The Morgan fingerprint density at radius 1 is 1.50 bits per heavy atom. The number of rotatable bonds is 7. The lowest BCUT2D eigenvalue weighted by Crippen LogP contribution is -2.28. The van der Waals surface area contributed by atoms with E-state index in [1.807, 2.05) is 18.2 Å². The van der Waals surface area contributed by atoms with Gasteiger partial charge in [-0.05, 0) is 18.1 Å². The first kappa shape index (κ1) is 15.5. The average Bonchev–Trinajstić information content (AvgIpc) is 2.32. The number of carbonyl (C=O) groups excluding carboxylic acids is 1. The van der Waals surface area contributed by atoms with Crippen molar-refractivity contribution in [1.82, 2.24) is 5.32 Å². The van der Waals surface area contributed by atoms with Crippen molar-refractivity contribution in [2.75, 3.05) is 20.3 Å². The summed E-state index contributed by atoms with van der Waals surface area (Å²) in [6.45, 7) is 1.27. The van der Waals surface area contributed by atoms with Crippen molar-refractivity contribution in [1.29, 1.82) is 0 Å². The fourth-order valence-electron chi connectivity index (χ4n) is 1.51. The molecule has 0 aromatic heterocycles. The van der Waals surface area contributed by atoms with Crippen LogP contribution in [0.2, 0.25) is 5.02 Å². The Hall–Kier alpha value is -0.580. The second kappa shape index (κ2) is 8.51. The molecule has 0 aliphatic heterocycles. The van der Waals surface area contributed by atoms with Crippen LogP contribution in [0.25, 0.3) is 0 Å². The minimum atomic E-state index is -0.0137.